The average molecular weight is 367 g/mol. The van der Waals surface area contributed by atoms with Crippen molar-refractivity contribution < 1.29 is 18.7 Å². The lowest BCUT2D eigenvalue weighted by Gasteiger charge is -2.09. The Balaban J connectivity index is 1.51. The number of carbonyl (C=O) groups is 1. The maximum Gasteiger partial charge on any atom is 0.262 e. The van der Waals surface area contributed by atoms with E-state index in [2.05, 4.69) is 15.5 Å². The van der Waals surface area contributed by atoms with Gasteiger partial charge in [0.15, 0.2) is 6.61 Å². The third-order valence-electron chi connectivity index (χ3n) is 3.69. The number of nitrogens with one attached hydrogen (secondary N) is 1. The van der Waals surface area contributed by atoms with Crippen LogP contribution in [-0.2, 0) is 11.2 Å². The van der Waals surface area contributed by atoms with Gasteiger partial charge in [-0.15, -0.1) is 10.2 Å². The normalized spacial score (nSPS) is 10.4. The summed E-state index contributed by atoms with van der Waals surface area (Å²) in [6, 6.07) is 14.3. The Hall–Kier alpha value is -3.35. The van der Waals surface area contributed by atoms with E-state index in [0.717, 1.165) is 11.3 Å². The number of anilines is 1. The first kappa shape index (κ1) is 18.4. The molecule has 0 aliphatic rings. The predicted octanol–water partition coefficient (Wildman–Crippen LogP) is 3.72. The Morgan fingerprint density at radius 2 is 1.63 bits per heavy atom. The molecule has 7 nitrogen and oxygen atoms in total. The SMILES string of the molecule is CCOc1ccc(NC(=O)COc2ccc(-c3nnc(CC)o3)cc2)cc1. The summed E-state index contributed by atoms with van der Waals surface area (Å²) in [5.41, 5.74) is 1.49. The molecule has 0 radical (unpaired) electrons. The number of amides is 1. The van der Waals surface area contributed by atoms with Crippen molar-refractivity contribution in [3.8, 4) is 23.0 Å². The van der Waals surface area contributed by atoms with E-state index in [1.807, 2.05) is 26.0 Å². The molecule has 2 aromatic carbocycles. The predicted molar refractivity (Wildman–Crippen MR) is 101 cm³/mol. The Labute approximate surface area is 157 Å². The average Bonchev–Trinajstić information content (AvgIpc) is 3.18. The smallest absolute Gasteiger partial charge is 0.262 e. The fourth-order valence-corrected chi connectivity index (χ4v) is 2.35. The van der Waals surface area contributed by atoms with Crippen LogP contribution in [0.15, 0.2) is 52.9 Å². The number of aromatic nitrogens is 2. The van der Waals surface area contributed by atoms with Crippen molar-refractivity contribution in [3.05, 3.63) is 54.4 Å². The van der Waals surface area contributed by atoms with E-state index < -0.39 is 0 Å². The molecule has 27 heavy (non-hydrogen) atoms. The number of hydrogen-bond acceptors (Lipinski definition) is 6. The second kappa shape index (κ2) is 8.84. The quantitative estimate of drug-likeness (QED) is 0.653. The molecule has 0 aliphatic heterocycles. The van der Waals surface area contributed by atoms with Gasteiger partial charge < -0.3 is 19.2 Å². The second-order valence-corrected chi connectivity index (χ2v) is 5.67. The molecule has 0 unspecified atom stereocenters. The zero-order valence-electron chi connectivity index (χ0n) is 15.3. The van der Waals surface area contributed by atoms with Crippen LogP contribution in [0.4, 0.5) is 5.69 Å². The minimum atomic E-state index is -0.243. The molecule has 140 valence electrons. The first-order valence-electron chi connectivity index (χ1n) is 8.76. The standard InChI is InChI=1S/C20H21N3O4/c1-3-19-22-23-20(27-19)14-5-9-17(10-6-14)26-13-18(24)21-15-7-11-16(12-8-15)25-4-2/h5-12H,3-4,13H2,1-2H3,(H,21,24). The Morgan fingerprint density at radius 3 is 2.26 bits per heavy atom. The van der Waals surface area contributed by atoms with Gasteiger partial charge in [0.1, 0.15) is 11.5 Å². The zero-order chi connectivity index (χ0) is 19.1. The van der Waals surface area contributed by atoms with Gasteiger partial charge in [0.05, 0.1) is 6.61 Å². The highest BCUT2D eigenvalue weighted by Crippen LogP contribution is 2.21. The maximum absolute atomic E-state index is 12.0. The monoisotopic (exact) mass is 367 g/mol. The molecule has 0 saturated heterocycles. The molecule has 7 heteroatoms. The van der Waals surface area contributed by atoms with Crippen molar-refractivity contribution in [2.24, 2.45) is 0 Å². The summed E-state index contributed by atoms with van der Waals surface area (Å²) < 4.78 is 16.4. The van der Waals surface area contributed by atoms with Gasteiger partial charge in [0.2, 0.25) is 11.8 Å². The van der Waals surface area contributed by atoms with Crippen LogP contribution < -0.4 is 14.8 Å². The fourth-order valence-electron chi connectivity index (χ4n) is 2.35. The third-order valence-corrected chi connectivity index (χ3v) is 3.69. The molecule has 3 rings (SSSR count). The second-order valence-electron chi connectivity index (χ2n) is 5.67. The van der Waals surface area contributed by atoms with Gasteiger partial charge in [-0.2, -0.15) is 0 Å². The van der Waals surface area contributed by atoms with Gasteiger partial charge in [0, 0.05) is 17.7 Å². The number of carbonyl (C=O) groups excluding carboxylic acids is 1. The molecule has 1 heterocycles. The summed E-state index contributed by atoms with van der Waals surface area (Å²) >= 11 is 0. The number of aryl methyl sites for hydroxylation is 1. The molecular formula is C20H21N3O4. The summed E-state index contributed by atoms with van der Waals surface area (Å²) in [6.07, 6.45) is 0.692. The van der Waals surface area contributed by atoms with E-state index in [-0.39, 0.29) is 12.5 Å². The van der Waals surface area contributed by atoms with Gasteiger partial charge in [-0.3, -0.25) is 4.79 Å². The number of hydrogen-bond donors (Lipinski definition) is 1. The van der Waals surface area contributed by atoms with Crippen LogP contribution in [0.25, 0.3) is 11.5 Å². The molecule has 1 N–H and O–H groups in total. The highest BCUT2D eigenvalue weighted by Gasteiger charge is 2.08. The molecule has 1 aromatic heterocycles. The van der Waals surface area contributed by atoms with Crippen LogP contribution in [0.5, 0.6) is 11.5 Å². The number of nitrogens with zero attached hydrogens (tertiary/aromatic N) is 2. The topological polar surface area (TPSA) is 86.5 Å². The molecular weight excluding hydrogens is 346 g/mol. The summed E-state index contributed by atoms with van der Waals surface area (Å²) in [5, 5.41) is 10.7. The van der Waals surface area contributed by atoms with Gasteiger partial charge in [-0.1, -0.05) is 6.92 Å². The van der Waals surface area contributed by atoms with E-state index in [0.29, 0.717) is 36.2 Å². The van der Waals surface area contributed by atoms with Crippen molar-refractivity contribution in [2.75, 3.05) is 18.5 Å². The lowest BCUT2D eigenvalue weighted by Crippen LogP contribution is -2.20. The molecule has 1 amide bonds. The van der Waals surface area contributed by atoms with Crippen LogP contribution in [-0.4, -0.2) is 29.3 Å². The van der Waals surface area contributed by atoms with Crippen molar-refractivity contribution in [2.45, 2.75) is 20.3 Å². The van der Waals surface area contributed by atoms with Crippen molar-refractivity contribution >= 4 is 11.6 Å². The van der Waals surface area contributed by atoms with Crippen LogP contribution in [0.3, 0.4) is 0 Å². The van der Waals surface area contributed by atoms with E-state index in [4.69, 9.17) is 13.9 Å². The van der Waals surface area contributed by atoms with E-state index >= 15 is 0 Å². The Kier molecular flexibility index (Phi) is 6.04. The van der Waals surface area contributed by atoms with E-state index in [1.54, 1.807) is 36.4 Å². The van der Waals surface area contributed by atoms with Crippen LogP contribution in [0, 0.1) is 0 Å². The lowest BCUT2D eigenvalue weighted by atomic mass is 10.2. The Morgan fingerprint density at radius 1 is 0.963 bits per heavy atom. The molecule has 3 aromatic rings. The minimum absolute atomic E-state index is 0.0902. The van der Waals surface area contributed by atoms with Crippen LogP contribution in [0.1, 0.15) is 19.7 Å². The largest absolute Gasteiger partial charge is 0.494 e. The summed E-state index contributed by atoms with van der Waals surface area (Å²) in [7, 11) is 0. The van der Waals surface area contributed by atoms with Gasteiger partial charge in [-0.25, -0.2) is 0 Å². The summed E-state index contributed by atoms with van der Waals surface area (Å²) in [5.74, 6) is 2.16. The first-order chi connectivity index (χ1) is 13.2. The van der Waals surface area contributed by atoms with Crippen molar-refractivity contribution in [1.29, 1.82) is 0 Å². The Bertz CT molecular complexity index is 873. The lowest BCUT2D eigenvalue weighted by molar-refractivity contribution is -0.118. The number of ether oxygens (including phenoxy) is 2. The molecule has 0 saturated carbocycles. The number of benzene rings is 2. The van der Waals surface area contributed by atoms with E-state index in [9.17, 15) is 4.79 Å². The molecule has 0 aliphatic carbocycles. The first-order valence-corrected chi connectivity index (χ1v) is 8.76. The van der Waals surface area contributed by atoms with Crippen LogP contribution in [0.2, 0.25) is 0 Å². The van der Waals surface area contributed by atoms with Gasteiger partial charge >= 0.3 is 0 Å². The summed E-state index contributed by atoms with van der Waals surface area (Å²) in [6.45, 7) is 4.38. The van der Waals surface area contributed by atoms with Gasteiger partial charge in [-0.05, 0) is 55.5 Å². The maximum atomic E-state index is 12.0. The molecule has 0 bridgehead atoms. The summed E-state index contributed by atoms with van der Waals surface area (Å²) in [4.78, 5) is 12.0. The van der Waals surface area contributed by atoms with E-state index in [1.165, 1.54) is 0 Å². The molecule has 0 fully saturated rings. The fraction of sp³-hybridized carbons (Fsp3) is 0.250. The van der Waals surface area contributed by atoms with Crippen molar-refractivity contribution in [3.63, 3.8) is 0 Å². The highest BCUT2D eigenvalue weighted by molar-refractivity contribution is 5.91. The van der Waals surface area contributed by atoms with Crippen molar-refractivity contribution in [1.82, 2.24) is 10.2 Å². The highest BCUT2D eigenvalue weighted by atomic mass is 16.5. The third kappa shape index (κ3) is 5.07. The zero-order valence-corrected chi connectivity index (χ0v) is 15.3. The van der Waals surface area contributed by atoms with Crippen LogP contribution >= 0.6 is 0 Å². The molecule has 0 atom stereocenters. The minimum Gasteiger partial charge on any atom is -0.494 e. The number of rotatable bonds is 8. The molecule has 0 spiro atoms. The van der Waals surface area contributed by atoms with Gasteiger partial charge in [0.25, 0.3) is 5.91 Å².